The Kier molecular flexibility index (Phi) is 4.55. The summed E-state index contributed by atoms with van der Waals surface area (Å²) in [7, 11) is 0. The molecule has 3 rings (SSSR count). The molecule has 1 fully saturated rings. The SMILES string of the molecule is O=C(NC(c1ccccc1)C1CC1)c1cccc(OC(F)F)c1. The monoisotopic (exact) mass is 317 g/mol. The third-order valence-corrected chi connectivity index (χ3v) is 3.86. The van der Waals surface area contributed by atoms with E-state index in [4.69, 9.17) is 0 Å². The molecule has 2 aromatic carbocycles. The highest BCUT2D eigenvalue weighted by Crippen LogP contribution is 2.41. The van der Waals surface area contributed by atoms with Gasteiger partial charge in [0.05, 0.1) is 6.04 Å². The molecule has 120 valence electrons. The highest BCUT2D eigenvalue weighted by atomic mass is 19.3. The molecule has 1 aliphatic carbocycles. The molecule has 0 bridgehead atoms. The number of hydrogen-bond donors (Lipinski definition) is 1. The summed E-state index contributed by atoms with van der Waals surface area (Å²) in [5.41, 5.74) is 1.37. The molecule has 1 saturated carbocycles. The lowest BCUT2D eigenvalue weighted by atomic mass is 10.0. The molecule has 2 aromatic rings. The first-order valence-corrected chi connectivity index (χ1v) is 7.54. The van der Waals surface area contributed by atoms with E-state index in [-0.39, 0.29) is 17.7 Å². The Balaban J connectivity index is 1.75. The van der Waals surface area contributed by atoms with Gasteiger partial charge in [-0.15, -0.1) is 0 Å². The highest BCUT2D eigenvalue weighted by Gasteiger charge is 2.33. The van der Waals surface area contributed by atoms with Crippen molar-refractivity contribution in [2.75, 3.05) is 0 Å². The fourth-order valence-electron chi connectivity index (χ4n) is 2.60. The number of halogens is 2. The van der Waals surface area contributed by atoms with E-state index in [9.17, 15) is 13.6 Å². The van der Waals surface area contributed by atoms with Gasteiger partial charge in [0.25, 0.3) is 5.91 Å². The van der Waals surface area contributed by atoms with Crippen molar-refractivity contribution in [3.05, 3.63) is 65.7 Å². The van der Waals surface area contributed by atoms with Crippen molar-refractivity contribution >= 4 is 5.91 Å². The largest absolute Gasteiger partial charge is 0.435 e. The molecule has 0 saturated heterocycles. The zero-order chi connectivity index (χ0) is 16.2. The van der Waals surface area contributed by atoms with E-state index in [0.29, 0.717) is 11.5 Å². The quantitative estimate of drug-likeness (QED) is 0.868. The van der Waals surface area contributed by atoms with E-state index in [2.05, 4.69) is 10.1 Å². The maximum absolute atomic E-state index is 12.4. The van der Waals surface area contributed by atoms with Crippen LogP contribution in [0.3, 0.4) is 0 Å². The maximum atomic E-state index is 12.4. The summed E-state index contributed by atoms with van der Waals surface area (Å²) in [6.07, 6.45) is 2.16. The summed E-state index contributed by atoms with van der Waals surface area (Å²) >= 11 is 0. The van der Waals surface area contributed by atoms with Crippen LogP contribution in [-0.2, 0) is 0 Å². The maximum Gasteiger partial charge on any atom is 0.387 e. The Labute approximate surface area is 133 Å². The third kappa shape index (κ3) is 4.06. The summed E-state index contributed by atoms with van der Waals surface area (Å²) in [6, 6.07) is 15.6. The summed E-state index contributed by atoms with van der Waals surface area (Å²) in [6.45, 7) is -2.91. The predicted octanol–water partition coefficient (Wildman–Crippen LogP) is 4.17. The molecule has 0 aromatic heterocycles. The van der Waals surface area contributed by atoms with Crippen molar-refractivity contribution in [1.82, 2.24) is 5.32 Å². The minimum atomic E-state index is -2.91. The van der Waals surface area contributed by atoms with E-state index in [1.54, 1.807) is 6.07 Å². The zero-order valence-corrected chi connectivity index (χ0v) is 12.4. The van der Waals surface area contributed by atoms with Crippen LogP contribution in [0.2, 0.25) is 0 Å². The first kappa shape index (κ1) is 15.5. The second-order valence-corrected chi connectivity index (χ2v) is 5.61. The molecular weight excluding hydrogens is 300 g/mol. The topological polar surface area (TPSA) is 38.3 Å². The lowest BCUT2D eigenvalue weighted by Gasteiger charge is -2.19. The summed E-state index contributed by atoms with van der Waals surface area (Å²) in [4.78, 5) is 12.4. The molecule has 0 heterocycles. The Morgan fingerprint density at radius 1 is 1.09 bits per heavy atom. The smallest absolute Gasteiger partial charge is 0.387 e. The van der Waals surface area contributed by atoms with Gasteiger partial charge in [0, 0.05) is 5.56 Å². The van der Waals surface area contributed by atoms with Crippen molar-refractivity contribution in [2.45, 2.75) is 25.5 Å². The average Bonchev–Trinajstić information content (AvgIpc) is 3.37. The van der Waals surface area contributed by atoms with Crippen LogP contribution in [0.1, 0.15) is 34.8 Å². The van der Waals surface area contributed by atoms with Crippen LogP contribution in [0.5, 0.6) is 5.75 Å². The van der Waals surface area contributed by atoms with Crippen LogP contribution < -0.4 is 10.1 Å². The van der Waals surface area contributed by atoms with E-state index < -0.39 is 6.61 Å². The number of alkyl halides is 2. The summed E-state index contributed by atoms with van der Waals surface area (Å²) < 4.78 is 28.9. The molecule has 0 radical (unpaired) electrons. The molecule has 0 spiro atoms. The van der Waals surface area contributed by atoms with Gasteiger partial charge in [0.15, 0.2) is 0 Å². The van der Waals surface area contributed by atoms with Crippen molar-refractivity contribution < 1.29 is 18.3 Å². The van der Waals surface area contributed by atoms with Gasteiger partial charge in [-0.2, -0.15) is 8.78 Å². The standard InChI is InChI=1S/C18H17F2NO2/c19-18(20)23-15-8-4-7-14(11-15)17(22)21-16(13-9-10-13)12-5-2-1-3-6-12/h1-8,11,13,16,18H,9-10H2,(H,21,22). The van der Waals surface area contributed by atoms with Crippen molar-refractivity contribution in [3.8, 4) is 5.75 Å². The lowest BCUT2D eigenvalue weighted by Crippen LogP contribution is -2.29. The number of nitrogens with one attached hydrogen (secondary N) is 1. The average molecular weight is 317 g/mol. The minimum Gasteiger partial charge on any atom is -0.435 e. The Hall–Kier alpha value is -2.43. The fraction of sp³-hybridized carbons (Fsp3) is 0.278. The molecule has 0 aliphatic heterocycles. The first-order valence-electron chi connectivity index (χ1n) is 7.54. The van der Waals surface area contributed by atoms with E-state index in [1.165, 1.54) is 18.2 Å². The van der Waals surface area contributed by atoms with Crippen LogP contribution in [0, 0.1) is 5.92 Å². The molecule has 3 nitrogen and oxygen atoms in total. The van der Waals surface area contributed by atoms with Crippen LogP contribution in [0.4, 0.5) is 8.78 Å². The van der Waals surface area contributed by atoms with Crippen LogP contribution in [0.15, 0.2) is 54.6 Å². The fourth-order valence-corrected chi connectivity index (χ4v) is 2.60. The van der Waals surface area contributed by atoms with Crippen molar-refractivity contribution in [3.63, 3.8) is 0 Å². The predicted molar refractivity (Wildman–Crippen MR) is 82.4 cm³/mol. The molecule has 1 amide bonds. The van der Waals surface area contributed by atoms with Crippen molar-refractivity contribution in [1.29, 1.82) is 0 Å². The number of benzene rings is 2. The third-order valence-electron chi connectivity index (χ3n) is 3.86. The number of carbonyl (C=O) groups excluding carboxylic acids is 1. The van der Waals surface area contributed by atoms with Gasteiger partial charge < -0.3 is 10.1 Å². The summed E-state index contributed by atoms with van der Waals surface area (Å²) in [5, 5.41) is 3.01. The summed E-state index contributed by atoms with van der Waals surface area (Å²) in [5.74, 6) is 0.127. The van der Waals surface area contributed by atoms with Crippen LogP contribution >= 0.6 is 0 Å². The molecule has 1 aliphatic rings. The molecule has 1 N–H and O–H groups in total. The minimum absolute atomic E-state index is 0.0182. The zero-order valence-electron chi connectivity index (χ0n) is 12.4. The van der Waals surface area contributed by atoms with Gasteiger partial charge in [0.2, 0.25) is 0 Å². The Morgan fingerprint density at radius 2 is 1.83 bits per heavy atom. The second-order valence-electron chi connectivity index (χ2n) is 5.61. The van der Waals surface area contributed by atoms with Crippen LogP contribution in [-0.4, -0.2) is 12.5 Å². The molecule has 23 heavy (non-hydrogen) atoms. The van der Waals surface area contributed by atoms with E-state index >= 15 is 0 Å². The van der Waals surface area contributed by atoms with Crippen molar-refractivity contribution in [2.24, 2.45) is 5.92 Å². The van der Waals surface area contributed by atoms with E-state index in [0.717, 1.165) is 18.4 Å². The second kappa shape index (κ2) is 6.77. The Bertz CT molecular complexity index is 672. The normalized spacial score (nSPS) is 15.3. The lowest BCUT2D eigenvalue weighted by molar-refractivity contribution is -0.0498. The van der Waals surface area contributed by atoms with Gasteiger partial charge in [-0.3, -0.25) is 4.79 Å². The van der Waals surface area contributed by atoms with Gasteiger partial charge in [-0.05, 0) is 42.5 Å². The van der Waals surface area contributed by atoms with Crippen LogP contribution in [0.25, 0.3) is 0 Å². The van der Waals surface area contributed by atoms with Gasteiger partial charge >= 0.3 is 6.61 Å². The molecule has 1 unspecified atom stereocenters. The number of ether oxygens (including phenoxy) is 1. The Morgan fingerprint density at radius 3 is 2.48 bits per heavy atom. The molecule has 1 atom stereocenters. The van der Waals surface area contributed by atoms with E-state index in [1.807, 2.05) is 30.3 Å². The van der Waals surface area contributed by atoms with Gasteiger partial charge in [0.1, 0.15) is 5.75 Å². The number of hydrogen-bond acceptors (Lipinski definition) is 2. The van der Waals surface area contributed by atoms with Gasteiger partial charge in [-0.1, -0.05) is 36.4 Å². The number of carbonyl (C=O) groups is 1. The molecule has 5 heteroatoms. The molecular formula is C18H17F2NO2. The first-order chi connectivity index (χ1) is 11.1. The number of rotatable bonds is 6. The highest BCUT2D eigenvalue weighted by molar-refractivity contribution is 5.94. The number of amides is 1. The van der Waals surface area contributed by atoms with Gasteiger partial charge in [-0.25, -0.2) is 0 Å².